The fourth-order valence-corrected chi connectivity index (χ4v) is 4.91. The average molecular weight is 285 g/mol. The first-order valence-electron chi connectivity index (χ1n) is 8.25. The van der Waals surface area contributed by atoms with Gasteiger partial charge in [-0.15, -0.1) is 0 Å². The van der Waals surface area contributed by atoms with E-state index in [0.717, 1.165) is 18.6 Å². The van der Waals surface area contributed by atoms with Crippen LogP contribution in [0.2, 0.25) is 0 Å². The Morgan fingerprint density at radius 3 is 2.95 bits per heavy atom. The van der Waals surface area contributed by atoms with Gasteiger partial charge in [-0.05, 0) is 50.3 Å². The van der Waals surface area contributed by atoms with Gasteiger partial charge in [-0.1, -0.05) is 26.7 Å². The first kappa shape index (κ1) is 15.7. The minimum atomic E-state index is 0.242. The second-order valence-electron chi connectivity index (χ2n) is 6.29. The van der Waals surface area contributed by atoms with E-state index in [-0.39, 0.29) is 5.60 Å². The van der Waals surface area contributed by atoms with Crippen molar-refractivity contribution in [2.75, 3.05) is 24.7 Å². The van der Waals surface area contributed by atoms with Crippen LogP contribution in [-0.2, 0) is 4.74 Å². The third-order valence-corrected chi connectivity index (χ3v) is 5.92. The molecule has 3 atom stereocenters. The summed E-state index contributed by atoms with van der Waals surface area (Å²) in [5.74, 6) is 3.37. The van der Waals surface area contributed by atoms with Crippen molar-refractivity contribution in [3.8, 4) is 0 Å². The molecule has 3 unspecified atom stereocenters. The van der Waals surface area contributed by atoms with E-state index in [1.165, 1.54) is 63.0 Å². The van der Waals surface area contributed by atoms with Gasteiger partial charge in [0.25, 0.3) is 0 Å². The van der Waals surface area contributed by atoms with E-state index in [2.05, 4.69) is 30.9 Å². The molecule has 0 saturated carbocycles. The van der Waals surface area contributed by atoms with Gasteiger partial charge in [0, 0.05) is 18.4 Å². The van der Waals surface area contributed by atoms with Gasteiger partial charge in [0.1, 0.15) is 0 Å². The van der Waals surface area contributed by atoms with Gasteiger partial charge < -0.3 is 10.1 Å². The maximum Gasteiger partial charge on any atom is 0.0783 e. The SMILES string of the molecule is CCCCC(NCCC)C1CCOC2(CCSC2)C1. The second-order valence-corrected chi connectivity index (χ2v) is 7.39. The standard InChI is InChI=1S/C16H31NOS/c1-3-5-6-15(17-9-4-2)14-7-10-18-16(12-14)8-11-19-13-16/h14-15,17H,3-13H2,1-2H3. The van der Waals surface area contributed by atoms with Gasteiger partial charge in [-0.2, -0.15) is 11.8 Å². The van der Waals surface area contributed by atoms with Gasteiger partial charge >= 0.3 is 0 Å². The van der Waals surface area contributed by atoms with Crippen LogP contribution in [0.25, 0.3) is 0 Å². The molecule has 2 aliphatic rings. The Balaban J connectivity index is 1.90. The minimum absolute atomic E-state index is 0.242. The molecule has 2 saturated heterocycles. The zero-order valence-electron chi connectivity index (χ0n) is 12.7. The van der Waals surface area contributed by atoms with Crippen molar-refractivity contribution in [1.82, 2.24) is 5.32 Å². The number of nitrogens with one attached hydrogen (secondary N) is 1. The highest BCUT2D eigenvalue weighted by atomic mass is 32.2. The van der Waals surface area contributed by atoms with Crippen molar-refractivity contribution < 1.29 is 4.74 Å². The topological polar surface area (TPSA) is 21.3 Å². The van der Waals surface area contributed by atoms with Crippen LogP contribution in [0.15, 0.2) is 0 Å². The maximum atomic E-state index is 6.17. The summed E-state index contributed by atoms with van der Waals surface area (Å²) in [6, 6.07) is 0.728. The monoisotopic (exact) mass is 285 g/mol. The fraction of sp³-hybridized carbons (Fsp3) is 1.00. The molecule has 0 radical (unpaired) electrons. The molecule has 0 amide bonds. The second kappa shape index (κ2) is 7.90. The number of ether oxygens (including phenoxy) is 1. The van der Waals surface area contributed by atoms with Crippen molar-refractivity contribution >= 4 is 11.8 Å². The Labute approximate surface area is 123 Å². The van der Waals surface area contributed by atoms with Crippen LogP contribution < -0.4 is 5.32 Å². The molecule has 2 aliphatic heterocycles. The molecule has 0 aromatic rings. The third kappa shape index (κ3) is 4.37. The molecule has 2 rings (SSSR count). The summed E-state index contributed by atoms with van der Waals surface area (Å²) >= 11 is 2.08. The highest BCUT2D eigenvalue weighted by molar-refractivity contribution is 7.99. The Bertz CT molecular complexity index is 245. The number of hydrogen-bond donors (Lipinski definition) is 1. The van der Waals surface area contributed by atoms with Crippen molar-refractivity contribution in [2.45, 2.75) is 70.4 Å². The predicted molar refractivity (Wildman–Crippen MR) is 85.0 cm³/mol. The number of unbranched alkanes of at least 4 members (excludes halogenated alkanes) is 1. The Morgan fingerprint density at radius 2 is 2.26 bits per heavy atom. The lowest BCUT2D eigenvalue weighted by Crippen LogP contribution is -2.47. The molecular weight excluding hydrogens is 254 g/mol. The van der Waals surface area contributed by atoms with Gasteiger partial charge in [-0.25, -0.2) is 0 Å². The number of thioether (sulfide) groups is 1. The van der Waals surface area contributed by atoms with Crippen LogP contribution in [0.5, 0.6) is 0 Å². The Kier molecular flexibility index (Phi) is 6.51. The maximum absolute atomic E-state index is 6.17. The minimum Gasteiger partial charge on any atom is -0.374 e. The molecule has 2 heterocycles. The van der Waals surface area contributed by atoms with Crippen LogP contribution >= 0.6 is 11.8 Å². The zero-order valence-corrected chi connectivity index (χ0v) is 13.6. The van der Waals surface area contributed by atoms with Gasteiger partial charge in [0.15, 0.2) is 0 Å². The predicted octanol–water partition coefficient (Wildman–Crippen LogP) is 3.85. The average Bonchev–Trinajstić information content (AvgIpc) is 2.87. The molecule has 0 bridgehead atoms. The van der Waals surface area contributed by atoms with Crippen LogP contribution in [0.1, 0.15) is 58.8 Å². The van der Waals surface area contributed by atoms with E-state index in [0.29, 0.717) is 0 Å². The van der Waals surface area contributed by atoms with Crippen LogP contribution in [0, 0.1) is 5.92 Å². The van der Waals surface area contributed by atoms with E-state index < -0.39 is 0 Å². The van der Waals surface area contributed by atoms with Crippen LogP contribution in [-0.4, -0.2) is 36.3 Å². The van der Waals surface area contributed by atoms with Gasteiger partial charge in [0.2, 0.25) is 0 Å². The molecule has 1 spiro atoms. The molecule has 19 heavy (non-hydrogen) atoms. The van der Waals surface area contributed by atoms with Gasteiger partial charge in [0.05, 0.1) is 5.60 Å². The van der Waals surface area contributed by atoms with Crippen LogP contribution in [0.3, 0.4) is 0 Å². The Morgan fingerprint density at radius 1 is 1.37 bits per heavy atom. The first-order chi connectivity index (χ1) is 9.29. The molecule has 0 aliphatic carbocycles. The van der Waals surface area contributed by atoms with E-state index in [1.54, 1.807) is 0 Å². The summed E-state index contributed by atoms with van der Waals surface area (Å²) in [5, 5.41) is 3.82. The first-order valence-corrected chi connectivity index (χ1v) is 9.40. The lowest BCUT2D eigenvalue weighted by Gasteiger charge is -2.41. The smallest absolute Gasteiger partial charge is 0.0783 e. The summed E-state index contributed by atoms with van der Waals surface area (Å²) in [4.78, 5) is 0. The zero-order chi connectivity index (χ0) is 13.6. The van der Waals surface area contributed by atoms with Crippen molar-refractivity contribution in [3.05, 3.63) is 0 Å². The van der Waals surface area contributed by atoms with E-state index in [4.69, 9.17) is 4.74 Å². The highest BCUT2D eigenvalue weighted by Gasteiger charge is 2.42. The lowest BCUT2D eigenvalue weighted by molar-refractivity contribution is -0.0855. The molecule has 1 N–H and O–H groups in total. The van der Waals surface area contributed by atoms with E-state index in [1.807, 2.05) is 0 Å². The van der Waals surface area contributed by atoms with Crippen molar-refractivity contribution in [1.29, 1.82) is 0 Å². The molecule has 112 valence electrons. The summed E-state index contributed by atoms with van der Waals surface area (Å²) in [5.41, 5.74) is 0.242. The summed E-state index contributed by atoms with van der Waals surface area (Å²) in [6.45, 7) is 6.73. The van der Waals surface area contributed by atoms with Crippen molar-refractivity contribution in [2.24, 2.45) is 5.92 Å². The quantitative estimate of drug-likeness (QED) is 0.768. The summed E-state index contributed by atoms with van der Waals surface area (Å²) in [7, 11) is 0. The van der Waals surface area contributed by atoms with Gasteiger partial charge in [-0.3, -0.25) is 0 Å². The molecular formula is C16H31NOS. The largest absolute Gasteiger partial charge is 0.374 e. The molecule has 0 aromatic carbocycles. The van der Waals surface area contributed by atoms with Crippen molar-refractivity contribution in [3.63, 3.8) is 0 Å². The summed E-state index contributed by atoms with van der Waals surface area (Å²) in [6.07, 6.45) is 9.11. The van der Waals surface area contributed by atoms with Crippen LogP contribution in [0.4, 0.5) is 0 Å². The van der Waals surface area contributed by atoms with E-state index >= 15 is 0 Å². The molecule has 0 aromatic heterocycles. The molecule has 2 fully saturated rings. The van der Waals surface area contributed by atoms with E-state index in [9.17, 15) is 0 Å². The highest BCUT2D eigenvalue weighted by Crippen LogP contribution is 2.41. The lowest BCUT2D eigenvalue weighted by atomic mass is 9.79. The fourth-order valence-electron chi connectivity index (χ4n) is 3.53. The third-order valence-electron chi connectivity index (χ3n) is 4.69. The molecule has 3 heteroatoms. The number of hydrogen-bond acceptors (Lipinski definition) is 3. The molecule has 2 nitrogen and oxygen atoms in total. The number of rotatable bonds is 7. The normalized spacial score (nSPS) is 32.8. The summed E-state index contributed by atoms with van der Waals surface area (Å²) < 4.78 is 6.17. The Hall–Kier alpha value is 0.270.